The summed E-state index contributed by atoms with van der Waals surface area (Å²) in [5.41, 5.74) is 13.6. The number of hydrogen-bond acceptors (Lipinski definition) is 0. The van der Waals surface area contributed by atoms with Gasteiger partial charge in [-0.05, 0) is 59.8 Å². The Labute approximate surface area is 380 Å². The summed E-state index contributed by atoms with van der Waals surface area (Å²) in [7, 11) is 11.0. The summed E-state index contributed by atoms with van der Waals surface area (Å²) in [6.07, 6.45) is 13.8. The zero-order chi connectivity index (χ0) is 41.5. The van der Waals surface area contributed by atoms with E-state index in [0.717, 1.165) is 21.4 Å². The van der Waals surface area contributed by atoms with Crippen LogP contribution in [0.5, 0.6) is 0 Å². The largest absolute Gasteiger partial charge is 0.144 e. The molecule has 2 aliphatic rings. The Morgan fingerprint density at radius 3 is 1.13 bits per heavy atom. The van der Waals surface area contributed by atoms with Gasteiger partial charge >= 0.3 is 37.9 Å². The van der Waals surface area contributed by atoms with Crippen LogP contribution in [-0.2, 0) is 20.8 Å². The molecule has 0 aromatic heterocycles. The van der Waals surface area contributed by atoms with Gasteiger partial charge in [0.2, 0.25) is 0 Å². The van der Waals surface area contributed by atoms with E-state index < -0.39 is 20.8 Å². The summed E-state index contributed by atoms with van der Waals surface area (Å²) in [5.74, 6) is 1.54. The Kier molecular flexibility index (Phi) is 16.9. The monoisotopic (exact) mass is 916 g/mol. The van der Waals surface area contributed by atoms with Crippen molar-refractivity contribution < 1.29 is 20.8 Å². The van der Waals surface area contributed by atoms with Crippen molar-refractivity contribution in [1.29, 1.82) is 0 Å². The van der Waals surface area contributed by atoms with Crippen LogP contribution in [0.4, 0.5) is 0 Å². The summed E-state index contributed by atoms with van der Waals surface area (Å²) in [6.45, 7) is 4.31. The molecule has 4 heteroatoms. The molecule has 0 atom stereocenters. The maximum absolute atomic E-state index is 4.93. The maximum Gasteiger partial charge on any atom is -0.0162 e. The van der Waals surface area contributed by atoms with Crippen LogP contribution in [0.3, 0.4) is 0 Å². The first kappa shape index (κ1) is 44.3. The first-order valence-electron chi connectivity index (χ1n) is 21.8. The Hall–Kier alpha value is -3.78. The number of benzene rings is 6. The molecule has 2 aliphatic carbocycles. The number of halogens is 2. The minimum atomic E-state index is -0.826. The first-order chi connectivity index (χ1) is 29.6. The second-order valence-corrected chi connectivity index (χ2v) is 21.1. The molecule has 10 rings (SSSR count). The zero-order valence-electron chi connectivity index (χ0n) is 35.1. The van der Waals surface area contributed by atoms with Crippen LogP contribution in [0.25, 0.3) is 66.1 Å². The second-order valence-electron chi connectivity index (χ2n) is 16.3. The molecule has 60 heavy (non-hydrogen) atoms. The molecule has 8 aromatic rings. The molecule has 0 aliphatic heterocycles. The Balaban J connectivity index is 0.000000161. The third-order valence-corrected chi connectivity index (χ3v) is 12.3. The molecule has 0 amide bonds. The average Bonchev–Trinajstić information content (AvgIpc) is 3.97. The average molecular weight is 919 g/mol. The van der Waals surface area contributed by atoms with Crippen LogP contribution < -0.4 is 0 Å². The van der Waals surface area contributed by atoms with Crippen LogP contribution >= 0.6 is 17.0 Å². The fraction of sp³-hybridized carbons (Fsp3) is 0.250. The Bertz CT molecular complexity index is 2290. The minimum absolute atomic E-state index is 0.771. The second kappa shape index (κ2) is 22.9. The molecule has 0 bridgehead atoms. The van der Waals surface area contributed by atoms with Crippen LogP contribution in [0.1, 0.15) is 87.2 Å². The van der Waals surface area contributed by atoms with Gasteiger partial charge < -0.3 is 0 Å². The molecule has 0 nitrogen and oxygen atoms in total. The van der Waals surface area contributed by atoms with E-state index in [1.165, 1.54) is 141 Å². The van der Waals surface area contributed by atoms with Crippen molar-refractivity contribution in [2.24, 2.45) is 0 Å². The van der Waals surface area contributed by atoms with Gasteiger partial charge in [-0.15, -0.1) is 69.1 Å². The molecule has 8 aromatic carbocycles. The SMILES string of the molecule is C[Si]C.[Cl][Zr+2][Cl].c1ccc(-c2cc3c(-c4ccc(C5CCCCC5)cc4)cccc3[cH-]2)cc1.c1ccc(-c2cc3c(-c4ccc(C5CCCCC5)cc4)cccc3[cH-]2)cc1. The maximum atomic E-state index is 4.93. The number of fused-ring (bicyclic) bond motifs is 2. The normalized spacial score (nSPS) is 14.2. The van der Waals surface area contributed by atoms with Gasteiger partial charge in [0, 0.05) is 9.52 Å². The van der Waals surface area contributed by atoms with Crippen molar-refractivity contribution in [3.63, 3.8) is 0 Å². The van der Waals surface area contributed by atoms with Crippen molar-refractivity contribution in [3.8, 4) is 44.5 Å². The molecule has 2 fully saturated rings. The van der Waals surface area contributed by atoms with Crippen LogP contribution in [0.15, 0.2) is 170 Å². The fourth-order valence-electron chi connectivity index (χ4n) is 9.31. The van der Waals surface area contributed by atoms with Crippen LogP contribution in [0, 0.1) is 0 Å². The fourth-order valence-corrected chi connectivity index (χ4v) is 9.31. The summed E-state index contributed by atoms with van der Waals surface area (Å²) < 4.78 is 0. The molecule has 0 saturated heterocycles. The van der Waals surface area contributed by atoms with Gasteiger partial charge in [0.15, 0.2) is 0 Å². The quantitative estimate of drug-likeness (QED) is 0.115. The van der Waals surface area contributed by atoms with Crippen molar-refractivity contribution in [2.45, 2.75) is 89.1 Å². The van der Waals surface area contributed by atoms with Gasteiger partial charge in [0.1, 0.15) is 0 Å². The van der Waals surface area contributed by atoms with Crippen molar-refractivity contribution in [1.82, 2.24) is 0 Å². The molecular formula is C56H56Cl2SiZr. The van der Waals surface area contributed by atoms with Gasteiger partial charge in [-0.25, -0.2) is 0 Å². The van der Waals surface area contributed by atoms with Crippen molar-refractivity contribution in [3.05, 3.63) is 181 Å². The van der Waals surface area contributed by atoms with Gasteiger partial charge in [-0.1, -0.05) is 207 Å². The van der Waals surface area contributed by atoms with Crippen LogP contribution in [-0.4, -0.2) is 9.52 Å². The van der Waals surface area contributed by atoms with Crippen molar-refractivity contribution in [2.75, 3.05) is 0 Å². The third-order valence-electron chi connectivity index (χ3n) is 12.3. The molecule has 2 radical (unpaired) electrons. The van der Waals surface area contributed by atoms with Crippen LogP contribution in [0.2, 0.25) is 13.1 Å². The van der Waals surface area contributed by atoms with E-state index in [2.05, 4.69) is 183 Å². The molecule has 0 spiro atoms. The van der Waals surface area contributed by atoms with E-state index in [4.69, 9.17) is 17.0 Å². The van der Waals surface area contributed by atoms with Gasteiger partial charge in [-0.3, -0.25) is 0 Å². The van der Waals surface area contributed by atoms with Gasteiger partial charge in [0.05, 0.1) is 0 Å². The summed E-state index contributed by atoms with van der Waals surface area (Å²) in [5, 5.41) is 5.34. The van der Waals surface area contributed by atoms with E-state index in [0.29, 0.717) is 0 Å². The standard InChI is InChI=1S/2C27H25.C2H6Si.2ClH.Zr/c2*1-3-8-20(9-4-1)22-14-16-23(17-15-22)26-13-7-12-24-18-25(19-27(24)26)21-10-5-2-6-11-21;1-3-2;;;/h2*2,5-7,10-20H,1,3-4,8-9H2;1-2H3;2*1H;/q2*-1;;;;+4/p-2. The van der Waals surface area contributed by atoms with Crippen molar-refractivity contribution >= 4 is 48.1 Å². The number of hydrogen-bond donors (Lipinski definition) is 0. The number of rotatable bonds is 6. The first-order valence-corrected chi connectivity index (χ1v) is 30.2. The summed E-state index contributed by atoms with van der Waals surface area (Å²) in [6, 6.07) is 62.7. The van der Waals surface area contributed by atoms with Gasteiger partial charge in [0.25, 0.3) is 0 Å². The third kappa shape index (κ3) is 11.4. The summed E-state index contributed by atoms with van der Waals surface area (Å²) in [4.78, 5) is 0. The van der Waals surface area contributed by atoms with E-state index >= 15 is 0 Å². The molecular weight excluding hydrogens is 863 g/mol. The van der Waals surface area contributed by atoms with E-state index in [1.54, 1.807) is 0 Å². The zero-order valence-corrected chi connectivity index (χ0v) is 40.1. The summed E-state index contributed by atoms with van der Waals surface area (Å²) >= 11 is -0.826. The molecule has 0 unspecified atom stereocenters. The smallest absolute Gasteiger partial charge is 0.0162 e. The molecule has 302 valence electrons. The van der Waals surface area contributed by atoms with E-state index in [-0.39, 0.29) is 0 Å². The van der Waals surface area contributed by atoms with Gasteiger partial charge in [-0.2, -0.15) is 0 Å². The van der Waals surface area contributed by atoms with E-state index in [1.807, 2.05) is 0 Å². The molecule has 0 N–H and O–H groups in total. The molecule has 2 saturated carbocycles. The predicted octanol–water partition coefficient (Wildman–Crippen LogP) is 18.0. The topological polar surface area (TPSA) is 0 Å². The van der Waals surface area contributed by atoms with E-state index in [9.17, 15) is 0 Å². The minimum Gasteiger partial charge on any atom is -0.144 e. The molecule has 0 heterocycles. The predicted molar refractivity (Wildman–Crippen MR) is 262 cm³/mol. The Morgan fingerprint density at radius 1 is 0.433 bits per heavy atom. The Morgan fingerprint density at radius 2 is 0.783 bits per heavy atom.